The molecule has 1 amide bonds. The van der Waals surface area contributed by atoms with Crippen molar-refractivity contribution >= 4 is 5.91 Å². The normalized spacial score (nSPS) is 19.6. The smallest absolute Gasteiger partial charge is 0.243 e. The summed E-state index contributed by atoms with van der Waals surface area (Å²) in [6, 6.07) is 0. The van der Waals surface area contributed by atoms with Crippen LogP contribution in [0.5, 0.6) is 0 Å². The third-order valence-electron chi connectivity index (χ3n) is 2.63. The molecule has 5 heteroatoms. The number of rotatable bonds is 7. The second kappa shape index (κ2) is 7.38. The van der Waals surface area contributed by atoms with Crippen molar-refractivity contribution in [2.45, 2.75) is 38.2 Å². The van der Waals surface area contributed by atoms with E-state index < -0.39 is 0 Å². The van der Waals surface area contributed by atoms with E-state index in [1.54, 1.807) is 12.6 Å². The highest BCUT2D eigenvalue weighted by molar-refractivity contribution is 5.74. The minimum Gasteiger partial charge on any atom is -0.359 e. The first-order chi connectivity index (χ1) is 7.77. The van der Waals surface area contributed by atoms with Crippen molar-refractivity contribution in [1.29, 1.82) is 0 Å². The Bertz CT molecular complexity index is 252. The van der Waals surface area contributed by atoms with Crippen LogP contribution in [0.2, 0.25) is 0 Å². The zero-order valence-corrected chi connectivity index (χ0v) is 9.57. The molecule has 0 aliphatic heterocycles. The minimum absolute atomic E-state index is 0.136. The number of hydrogen-bond donors (Lipinski definition) is 2. The molecule has 1 rings (SSSR count). The SMILES string of the molecule is COCOC1CCC=C1CCCC(=O)NO. The van der Waals surface area contributed by atoms with E-state index in [4.69, 9.17) is 14.7 Å². The van der Waals surface area contributed by atoms with Crippen molar-refractivity contribution < 1.29 is 19.5 Å². The molecule has 0 fully saturated rings. The van der Waals surface area contributed by atoms with Crippen LogP contribution in [0.25, 0.3) is 0 Å². The molecular formula is C11H19NO4. The summed E-state index contributed by atoms with van der Waals surface area (Å²) in [5.74, 6) is -0.340. The van der Waals surface area contributed by atoms with E-state index in [0.717, 1.165) is 25.7 Å². The van der Waals surface area contributed by atoms with Crippen molar-refractivity contribution in [2.24, 2.45) is 0 Å². The maximum Gasteiger partial charge on any atom is 0.243 e. The first-order valence-corrected chi connectivity index (χ1v) is 5.50. The zero-order valence-electron chi connectivity index (χ0n) is 9.57. The molecule has 2 N–H and O–H groups in total. The quantitative estimate of drug-likeness (QED) is 0.299. The highest BCUT2D eigenvalue weighted by Crippen LogP contribution is 2.26. The van der Waals surface area contributed by atoms with Crippen molar-refractivity contribution in [2.75, 3.05) is 13.9 Å². The Balaban J connectivity index is 2.22. The topological polar surface area (TPSA) is 67.8 Å². The summed E-state index contributed by atoms with van der Waals surface area (Å²) in [6.07, 6.45) is 6.22. The molecule has 0 saturated heterocycles. The molecule has 0 heterocycles. The minimum atomic E-state index is -0.340. The van der Waals surface area contributed by atoms with Crippen molar-refractivity contribution in [3.63, 3.8) is 0 Å². The van der Waals surface area contributed by atoms with Gasteiger partial charge in [0.25, 0.3) is 0 Å². The monoisotopic (exact) mass is 229 g/mol. The summed E-state index contributed by atoms with van der Waals surface area (Å²) in [4.78, 5) is 10.8. The van der Waals surface area contributed by atoms with Crippen LogP contribution in [-0.4, -0.2) is 31.1 Å². The number of ether oxygens (including phenoxy) is 2. The number of hydrogen-bond acceptors (Lipinski definition) is 4. The van der Waals surface area contributed by atoms with Crippen LogP contribution in [0, 0.1) is 0 Å². The van der Waals surface area contributed by atoms with Gasteiger partial charge >= 0.3 is 0 Å². The maximum atomic E-state index is 10.8. The van der Waals surface area contributed by atoms with E-state index in [-0.39, 0.29) is 12.0 Å². The summed E-state index contributed by atoms with van der Waals surface area (Å²) >= 11 is 0. The summed E-state index contributed by atoms with van der Waals surface area (Å²) < 4.78 is 10.4. The van der Waals surface area contributed by atoms with Crippen LogP contribution < -0.4 is 5.48 Å². The highest BCUT2D eigenvalue weighted by Gasteiger charge is 2.19. The fraction of sp³-hybridized carbons (Fsp3) is 0.727. The largest absolute Gasteiger partial charge is 0.359 e. The van der Waals surface area contributed by atoms with Gasteiger partial charge in [0.05, 0.1) is 6.10 Å². The van der Waals surface area contributed by atoms with Crippen molar-refractivity contribution in [1.82, 2.24) is 5.48 Å². The van der Waals surface area contributed by atoms with Gasteiger partial charge in [0.2, 0.25) is 5.91 Å². The summed E-state index contributed by atoms with van der Waals surface area (Å²) in [5.41, 5.74) is 2.86. The third-order valence-corrected chi connectivity index (χ3v) is 2.63. The first kappa shape index (κ1) is 13.2. The van der Waals surface area contributed by atoms with Gasteiger partial charge in [-0.15, -0.1) is 0 Å². The molecule has 0 bridgehead atoms. The predicted molar refractivity (Wildman–Crippen MR) is 57.8 cm³/mol. The molecule has 0 saturated carbocycles. The predicted octanol–water partition coefficient (Wildman–Crippen LogP) is 1.37. The average molecular weight is 229 g/mol. The van der Waals surface area contributed by atoms with Gasteiger partial charge in [-0.3, -0.25) is 10.0 Å². The number of carbonyl (C=O) groups excluding carboxylic acids is 1. The maximum absolute atomic E-state index is 10.8. The molecule has 16 heavy (non-hydrogen) atoms. The van der Waals surface area contributed by atoms with Gasteiger partial charge in [-0.1, -0.05) is 6.08 Å². The van der Waals surface area contributed by atoms with Crippen LogP contribution in [0.15, 0.2) is 11.6 Å². The number of carbonyl (C=O) groups is 1. The van der Waals surface area contributed by atoms with E-state index in [0.29, 0.717) is 13.2 Å². The number of nitrogens with one attached hydrogen (secondary N) is 1. The molecule has 5 nitrogen and oxygen atoms in total. The Kier molecular flexibility index (Phi) is 6.07. The van der Waals surface area contributed by atoms with Crippen LogP contribution in [0.3, 0.4) is 0 Å². The average Bonchev–Trinajstić information content (AvgIpc) is 2.73. The summed E-state index contributed by atoms with van der Waals surface area (Å²) in [7, 11) is 1.60. The number of amides is 1. The fourth-order valence-corrected chi connectivity index (χ4v) is 1.85. The second-order valence-corrected chi connectivity index (χ2v) is 3.81. The van der Waals surface area contributed by atoms with Gasteiger partial charge < -0.3 is 9.47 Å². The van der Waals surface area contributed by atoms with Crippen molar-refractivity contribution in [3.8, 4) is 0 Å². The lowest BCUT2D eigenvalue weighted by molar-refractivity contribution is -0.129. The summed E-state index contributed by atoms with van der Waals surface area (Å²) in [6.45, 7) is 0.305. The lowest BCUT2D eigenvalue weighted by Gasteiger charge is -2.15. The molecule has 0 radical (unpaired) electrons. The van der Waals surface area contributed by atoms with E-state index in [1.807, 2.05) is 0 Å². The molecular weight excluding hydrogens is 210 g/mol. The molecule has 0 aromatic rings. The Morgan fingerprint density at radius 1 is 1.69 bits per heavy atom. The fourth-order valence-electron chi connectivity index (χ4n) is 1.85. The van der Waals surface area contributed by atoms with Crippen LogP contribution in [0.4, 0.5) is 0 Å². The Labute approximate surface area is 95.4 Å². The molecule has 1 unspecified atom stereocenters. The number of hydroxylamine groups is 1. The molecule has 0 aromatic heterocycles. The zero-order chi connectivity index (χ0) is 11.8. The van der Waals surface area contributed by atoms with E-state index in [2.05, 4.69) is 6.08 Å². The Morgan fingerprint density at radius 2 is 2.50 bits per heavy atom. The van der Waals surface area contributed by atoms with Crippen LogP contribution in [-0.2, 0) is 14.3 Å². The lowest BCUT2D eigenvalue weighted by Crippen LogP contribution is -2.18. The van der Waals surface area contributed by atoms with Gasteiger partial charge in [-0.2, -0.15) is 0 Å². The summed E-state index contributed by atoms with van der Waals surface area (Å²) in [5, 5.41) is 8.34. The van der Waals surface area contributed by atoms with E-state index in [9.17, 15) is 4.79 Å². The van der Waals surface area contributed by atoms with Crippen LogP contribution >= 0.6 is 0 Å². The van der Waals surface area contributed by atoms with Gasteiger partial charge in [-0.05, 0) is 31.3 Å². The first-order valence-electron chi connectivity index (χ1n) is 5.50. The van der Waals surface area contributed by atoms with E-state index in [1.165, 1.54) is 5.57 Å². The lowest BCUT2D eigenvalue weighted by atomic mass is 10.1. The number of allylic oxidation sites excluding steroid dienone is 1. The van der Waals surface area contributed by atoms with Gasteiger partial charge in [0.1, 0.15) is 6.79 Å². The Morgan fingerprint density at radius 3 is 3.19 bits per heavy atom. The number of methoxy groups -OCH3 is 1. The van der Waals surface area contributed by atoms with Gasteiger partial charge in [-0.25, -0.2) is 5.48 Å². The van der Waals surface area contributed by atoms with Crippen LogP contribution in [0.1, 0.15) is 32.1 Å². The molecule has 92 valence electrons. The molecule has 0 spiro atoms. The highest BCUT2D eigenvalue weighted by atomic mass is 16.7. The third kappa shape index (κ3) is 4.30. The molecule has 1 atom stereocenters. The van der Waals surface area contributed by atoms with Crippen molar-refractivity contribution in [3.05, 3.63) is 11.6 Å². The molecule has 0 aromatic carbocycles. The van der Waals surface area contributed by atoms with Gasteiger partial charge in [0.15, 0.2) is 0 Å². The molecule has 1 aliphatic rings. The Hall–Kier alpha value is -0.910. The molecule has 1 aliphatic carbocycles. The second-order valence-electron chi connectivity index (χ2n) is 3.81. The van der Waals surface area contributed by atoms with E-state index >= 15 is 0 Å². The standard InChI is InChI=1S/C11H19NO4/c1-15-8-16-10-6-2-4-9(10)5-3-7-11(13)12-14/h4,10,14H,2-3,5-8H2,1H3,(H,12,13). The van der Waals surface area contributed by atoms with Gasteiger partial charge in [0, 0.05) is 13.5 Å².